The first-order valence-corrected chi connectivity index (χ1v) is 12.0. The number of benzene rings is 2. The van der Waals surface area contributed by atoms with Gasteiger partial charge < -0.3 is 5.11 Å². The Morgan fingerprint density at radius 1 is 1.06 bits per heavy atom. The van der Waals surface area contributed by atoms with Crippen LogP contribution in [0.5, 0.6) is 5.88 Å². The van der Waals surface area contributed by atoms with Gasteiger partial charge in [0, 0.05) is 37.2 Å². The number of piperazine rings is 1. The molecule has 0 radical (unpaired) electrons. The number of aryl methyl sites for hydroxylation is 1. The number of aromatic hydroxyl groups is 1. The number of rotatable bonds is 5. The Kier molecular flexibility index (Phi) is 5.79. The maximum atomic E-state index is 11.0. The van der Waals surface area contributed by atoms with Crippen molar-refractivity contribution in [1.82, 2.24) is 24.4 Å². The zero-order valence-corrected chi connectivity index (χ0v) is 19.7. The maximum absolute atomic E-state index is 11.0. The molecule has 5 rings (SSSR count). The second-order valence-corrected chi connectivity index (χ2v) is 9.82. The van der Waals surface area contributed by atoms with Gasteiger partial charge in [0.1, 0.15) is 5.82 Å². The van der Waals surface area contributed by atoms with Crippen molar-refractivity contribution < 1.29 is 5.11 Å². The second-order valence-electron chi connectivity index (χ2n) is 7.90. The second kappa shape index (κ2) is 8.70. The summed E-state index contributed by atoms with van der Waals surface area (Å²) in [7, 11) is 0. The molecule has 4 aromatic rings. The summed E-state index contributed by atoms with van der Waals surface area (Å²) in [6.07, 6.45) is 0. The summed E-state index contributed by atoms with van der Waals surface area (Å²) >= 11 is 5.13. The smallest absolute Gasteiger partial charge is 0.230 e. The number of nitrogens with zero attached hydrogens (tertiary/aromatic N) is 5. The molecule has 0 bridgehead atoms. The summed E-state index contributed by atoms with van der Waals surface area (Å²) in [5, 5.41) is 15.4. The fraction of sp³-hybridized carbons (Fsp3) is 0.304. The van der Waals surface area contributed by atoms with Crippen LogP contribution in [-0.2, 0) is 6.54 Å². The van der Waals surface area contributed by atoms with E-state index in [9.17, 15) is 5.11 Å². The predicted octanol–water partition coefficient (Wildman–Crippen LogP) is 4.47. The Morgan fingerprint density at radius 2 is 1.84 bits per heavy atom. The van der Waals surface area contributed by atoms with Crippen LogP contribution in [0, 0.1) is 6.92 Å². The standard InChI is InChI=1S/C23H24BrN5OS/c1-16-25-23-29(26-16)22(30)21(31-23)20(18-8-5-9-19(24)14-18)28-12-10-27(11-13-28)15-17-6-3-2-4-7-17/h2-9,14,20,30H,10-13,15H2,1H3. The highest BCUT2D eigenvalue weighted by Gasteiger charge is 2.31. The van der Waals surface area contributed by atoms with Crippen molar-refractivity contribution in [3.63, 3.8) is 0 Å². The zero-order chi connectivity index (χ0) is 21.4. The molecule has 1 saturated heterocycles. The molecule has 1 aliphatic heterocycles. The molecule has 0 spiro atoms. The largest absolute Gasteiger partial charge is 0.492 e. The highest BCUT2D eigenvalue weighted by Crippen LogP contribution is 2.40. The topological polar surface area (TPSA) is 56.9 Å². The number of aromatic nitrogens is 3. The van der Waals surface area contributed by atoms with E-state index < -0.39 is 0 Å². The molecule has 160 valence electrons. The quantitative estimate of drug-likeness (QED) is 0.440. The lowest BCUT2D eigenvalue weighted by Gasteiger charge is -2.39. The third-order valence-electron chi connectivity index (χ3n) is 5.74. The van der Waals surface area contributed by atoms with Gasteiger partial charge in [-0.2, -0.15) is 4.52 Å². The fourth-order valence-electron chi connectivity index (χ4n) is 4.25. The van der Waals surface area contributed by atoms with E-state index in [2.05, 4.69) is 84.3 Å². The molecule has 1 fully saturated rings. The van der Waals surface area contributed by atoms with Crippen LogP contribution in [0.25, 0.3) is 4.96 Å². The Hall–Kier alpha value is -2.26. The van der Waals surface area contributed by atoms with E-state index in [1.54, 1.807) is 4.52 Å². The summed E-state index contributed by atoms with van der Waals surface area (Å²) in [5.74, 6) is 0.860. The first kappa shape index (κ1) is 20.6. The van der Waals surface area contributed by atoms with E-state index in [0.29, 0.717) is 5.82 Å². The van der Waals surface area contributed by atoms with Crippen molar-refractivity contribution in [2.75, 3.05) is 26.2 Å². The molecular formula is C23H24BrN5OS. The molecule has 8 heteroatoms. The van der Waals surface area contributed by atoms with Crippen LogP contribution >= 0.6 is 27.3 Å². The number of thiazole rings is 1. The van der Waals surface area contributed by atoms with Crippen molar-refractivity contribution in [2.45, 2.75) is 19.5 Å². The Balaban J connectivity index is 1.43. The minimum atomic E-state index is -0.0369. The van der Waals surface area contributed by atoms with Crippen LogP contribution in [0.15, 0.2) is 59.1 Å². The van der Waals surface area contributed by atoms with Crippen LogP contribution in [-0.4, -0.2) is 55.7 Å². The van der Waals surface area contributed by atoms with Gasteiger partial charge in [0.25, 0.3) is 0 Å². The predicted molar refractivity (Wildman–Crippen MR) is 127 cm³/mol. The Morgan fingerprint density at radius 3 is 2.55 bits per heavy atom. The van der Waals surface area contributed by atoms with Gasteiger partial charge in [-0.25, -0.2) is 4.98 Å². The van der Waals surface area contributed by atoms with Gasteiger partial charge in [-0.15, -0.1) is 5.10 Å². The third-order valence-corrected chi connectivity index (χ3v) is 7.31. The first-order valence-electron chi connectivity index (χ1n) is 10.4. The molecule has 1 atom stereocenters. The SMILES string of the molecule is Cc1nc2sc(C(c3cccc(Br)c3)N3CCN(Cc4ccccc4)CC3)c(O)n2n1. The molecule has 31 heavy (non-hydrogen) atoms. The van der Waals surface area contributed by atoms with Crippen molar-refractivity contribution in [3.05, 3.63) is 80.9 Å². The Labute approximate surface area is 193 Å². The molecule has 1 N–H and O–H groups in total. The van der Waals surface area contributed by atoms with Gasteiger partial charge >= 0.3 is 0 Å². The van der Waals surface area contributed by atoms with E-state index in [1.165, 1.54) is 16.9 Å². The summed E-state index contributed by atoms with van der Waals surface area (Å²) in [6.45, 7) is 6.64. The lowest BCUT2D eigenvalue weighted by molar-refractivity contribution is 0.105. The number of hydrogen-bond acceptors (Lipinski definition) is 6. The maximum Gasteiger partial charge on any atom is 0.230 e. The van der Waals surface area contributed by atoms with Crippen molar-refractivity contribution in [1.29, 1.82) is 0 Å². The van der Waals surface area contributed by atoms with Gasteiger partial charge in [0.2, 0.25) is 10.8 Å². The van der Waals surface area contributed by atoms with E-state index >= 15 is 0 Å². The number of hydrogen-bond donors (Lipinski definition) is 1. The molecule has 0 saturated carbocycles. The normalized spacial score (nSPS) is 16.7. The first-order chi connectivity index (χ1) is 15.1. The van der Waals surface area contributed by atoms with Crippen LogP contribution in [0.1, 0.15) is 27.9 Å². The highest BCUT2D eigenvalue weighted by atomic mass is 79.9. The molecule has 1 unspecified atom stereocenters. The van der Waals surface area contributed by atoms with Crippen LogP contribution < -0.4 is 0 Å². The molecular weight excluding hydrogens is 474 g/mol. The Bertz CT molecular complexity index is 1180. The molecule has 0 amide bonds. The lowest BCUT2D eigenvalue weighted by Crippen LogP contribution is -2.47. The van der Waals surface area contributed by atoms with E-state index in [0.717, 1.165) is 52.6 Å². The van der Waals surface area contributed by atoms with Gasteiger partial charge in [0.05, 0.1) is 10.9 Å². The summed E-state index contributed by atoms with van der Waals surface area (Å²) in [6, 6.07) is 18.9. The van der Waals surface area contributed by atoms with Gasteiger partial charge in [-0.05, 0) is 30.2 Å². The number of fused-ring (bicyclic) bond motifs is 1. The third kappa shape index (κ3) is 4.25. The van der Waals surface area contributed by atoms with Gasteiger partial charge in [0.15, 0.2) is 0 Å². The minimum Gasteiger partial charge on any atom is -0.492 e. The summed E-state index contributed by atoms with van der Waals surface area (Å²) < 4.78 is 2.60. The van der Waals surface area contributed by atoms with E-state index in [4.69, 9.17) is 0 Å². The monoisotopic (exact) mass is 497 g/mol. The molecule has 6 nitrogen and oxygen atoms in total. The van der Waals surface area contributed by atoms with Crippen LogP contribution in [0.3, 0.4) is 0 Å². The molecule has 3 heterocycles. The van der Waals surface area contributed by atoms with Crippen molar-refractivity contribution >= 4 is 32.2 Å². The molecule has 2 aromatic carbocycles. The van der Waals surface area contributed by atoms with Crippen molar-refractivity contribution in [3.8, 4) is 5.88 Å². The van der Waals surface area contributed by atoms with E-state index in [1.807, 2.05) is 13.0 Å². The molecule has 0 aliphatic carbocycles. The summed E-state index contributed by atoms with van der Waals surface area (Å²) in [4.78, 5) is 11.0. The zero-order valence-electron chi connectivity index (χ0n) is 17.3. The van der Waals surface area contributed by atoms with Crippen molar-refractivity contribution in [2.24, 2.45) is 0 Å². The average Bonchev–Trinajstić information content (AvgIpc) is 3.27. The van der Waals surface area contributed by atoms with Gasteiger partial charge in [-0.1, -0.05) is 69.7 Å². The fourth-order valence-corrected chi connectivity index (χ4v) is 5.83. The molecule has 2 aromatic heterocycles. The molecule has 1 aliphatic rings. The summed E-state index contributed by atoms with van der Waals surface area (Å²) in [5.41, 5.74) is 2.50. The number of halogens is 1. The van der Waals surface area contributed by atoms with Crippen LogP contribution in [0.4, 0.5) is 0 Å². The highest BCUT2D eigenvalue weighted by molar-refractivity contribution is 9.10. The van der Waals surface area contributed by atoms with E-state index in [-0.39, 0.29) is 11.9 Å². The van der Waals surface area contributed by atoms with Crippen LogP contribution in [0.2, 0.25) is 0 Å². The average molecular weight is 498 g/mol. The lowest BCUT2D eigenvalue weighted by atomic mass is 10.0. The minimum absolute atomic E-state index is 0.0369. The van der Waals surface area contributed by atoms with Gasteiger partial charge in [-0.3, -0.25) is 9.80 Å².